The molecule has 41 heavy (non-hydrogen) atoms. The lowest BCUT2D eigenvalue weighted by molar-refractivity contribution is -0.0591. The molecule has 3 heterocycles. The normalized spacial score (nSPS) is 17.1. The second kappa shape index (κ2) is 11.5. The Morgan fingerprint density at radius 1 is 1.20 bits per heavy atom. The Morgan fingerprint density at radius 2 is 2.07 bits per heavy atom. The zero-order valence-electron chi connectivity index (χ0n) is 22.4. The van der Waals surface area contributed by atoms with Gasteiger partial charge >= 0.3 is 5.97 Å². The van der Waals surface area contributed by atoms with E-state index in [2.05, 4.69) is 21.6 Å². The zero-order valence-corrected chi connectivity index (χ0v) is 22.4. The van der Waals surface area contributed by atoms with Gasteiger partial charge in [0.1, 0.15) is 24.0 Å². The molecule has 1 atom stereocenters. The van der Waals surface area contributed by atoms with Crippen molar-refractivity contribution in [2.45, 2.75) is 38.6 Å². The monoisotopic (exact) mass is 552 g/mol. The first-order chi connectivity index (χ1) is 20.0. The summed E-state index contributed by atoms with van der Waals surface area (Å²) < 4.78 is 27.9. The molecular formula is C32H29FN4O4. The minimum atomic E-state index is -0.953. The summed E-state index contributed by atoms with van der Waals surface area (Å²) in [6, 6.07) is 19.2. The number of ether oxygens (including phenoxy) is 2. The number of carbonyl (C=O) groups is 1. The molecule has 1 aromatic heterocycles. The lowest BCUT2D eigenvalue weighted by Gasteiger charge is -2.29. The summed E-state index contributed by atoms with van der Waals surface area (Å²) in [6.07, 6.45) is 4.17. The SMILES string of the molecule is N#Cc1ccc(COc2cccc(C3=CCN(Cc4nc5ccc(C(=O)O)cc5n4C[C@@H]4CCO4)CC3)c2)c(F)c1. The van der Waals surface area contributed by atoms with Crippen molar-refractivity contribution in [1.29, 1.82) is 5.26 Å². The number of halogens is 1. The molecule has 0 unspecified atom stereocenters. The first kappa shape index (κ1) is 26.7. The second-order valence-corrected chi connectivity index (χ2v) is 10.4. The van der Waals surface area contributed by atoms with Crippen molar-refractivity contribution >= 4 is 22.6 Å². The molecule has 3 aromatic carbocycles. The van der Waals surface area contributed by atoms with E-state index in [1.807, 2.05) is 24.3 Å². The summed E-state index contributed by atoms with van der Waals surface area (Å²) in [5.41, 5.74) is 4.83. The van der Waals surface area contributed by atoms with Crippen LogP contribution in [0.1, 0.15) is 45.7 Å². The van der Waals surface area contributed by atoms with Gasteiger partial charge in [0.2, 0.25) is 0 Å². The number of benzene rings is 3. The van der Waals surface area contributed by atoms with Gasteiger partial charge in [0.05, 0.1) is 47.4 Å². The van der Waals surface area contributed by atoms with E-state index >= 15 is 0 Å². The molecule has 4 aromatic rings. The Hall–Kier alpha value is -4.52. The number of imidazole rings is 1. The molecule has 0 amide bonds. The molecule has 2 aliphatic heterocycles. The third-order valence-electron chi connectivity index (χ3n) is 7.69. The molecule has 2 aliphatic rings. The number of hydrogen-bond donors (Lipinski definition) is 1. The molecule has 0 aliphatic carbocycles. The number of carboxylic acid groups (broad SMARTS) is 1. The van der Waals surface area contributed by atoms with Crippen LogP contribution in [0.3, 0.4) is 0 Å². The third-order valence-corrected chi connectivity index (χ3v) is 7.69. The van der Waals surface area contributed by atoms with E-state index < -0.39 is 11.8 Å². The van der Waals surface area contributed by atoms with E-state index in [-0.39, 0.29) is 23.8 Å². The number of carboxylic acids is 1. The highest BCUT2D eigenvalue weighted by molar-refractivity contribution is 5.92. The molecule has 0 bridgehead atoms. The van der Waals surface area contributed by atoms with Gasteiger partial charge in [0.25, 0.3) is 0 Å². The van der Waals surface area contributed by atoms with E-state index in [4.69, 9.17) is 19.7 Å². The molecule has 8 nitrogen and oxygen atoms in total. The summed E-state index contributed by atoms with van der Waals surface area (Å²) in [4.78, 5) is 18.8. The first-order valence-electron chi connectivity index (χ1n) is 13.6. The molecule has 1 saturated heterocycles. The van der Waals surface area contributed by atoms with Crippen LogP contribution in [0.15, 0.2) is 66.7 Å². The maximum Gasteiger partial charge on any atom is 0.335 e. The van der Waals surface area contributed by atoms with Crippen LogP contribution in [0.25, 0.3) is 16.6 Å². The fourth-order valence-corrected chi connectivity index (χ4v) is 5.26. The maximum atomic E-state index is 14.2. The molecule has 1 N–H and O–H groups in total. The summed E-state index contributed by atoms with van der Waals surface area (Å²) in [5.74, 6) is 0.152. The summed E-state index contributed by atoms with van der Waals surface area (Å²) >= 11 is 0. The Morgan fingerprint density at radius 3 is 2.78 bits per heavy atom. The number of aromatic carboxylic acids is 1. The third kappa shape index (κ3) is 5.85. The molecule has 0 saturated carbocycles. The fraction of sp³-hybridized carbons (Fsp3) is 0.281. The Labute approximate surface area is 236 Å². The molecule has 0 spiro atoms. The highest BCUT2D eigenvalue weighted by atomic mass is 19.1. The second-order valence-electron chi connectivity index (χ2n) is 10.4. The standard InChI is InChI=1S/C32H29FN4O4/c33-28-14-21(17-34)4-5-25(28)20-41-26-3-1-2-23(15-26)22-8-11-36(12-9-22)19-31-35-29-7-6-24(32(38)39)16-30(29)37(31)18-27-10-13-40-27/h1-8,14-16,27H,9-13,18-20H2,(H,38,39)/t27-/m0/s1. The molecule has 0 radical (unpaired) electrons. The highest BCUT2D eigenvalue weighted by Crippen LogP contribution is 2.28. The topological polar surface area (TPSA) is 101 Å². The van der Waals surface area contributed by atoms with Crippen LogP contribution in [0, 0.1) is 17.1 Å². The zero-order chi connectivity index (χ0) is 28.3. The summed E-state index contributed by atoms with van der Waals surface area (Å²) in [7, 11) is 0. The molecule has 6 rings (SSSR count). The van der Waals surface area contributed by atoms with Gasteiger partial charge in [-0.1, -0.05) is 24.3 Å². The number of fused-ring (bicyclic) bond motifs is 1. The largest absolute Gasteiger partial charge is 0.489 e. The molecule has 1 fully saturated rings. The fourth-order valence-electron chi connectivity index (χ4n) is 5.26. The van der Waals surface area contributed by atoms with Crippen molar-refractivity contribution in [3.63, 3.8) is 0 Å². The number of hydrogen-bond acceptors (Lipinski definition) is 6. The summed E-state index contributed by atoms with van der Waals surface area (Å²) in [6.45, 7) is 3.73. The summed E-state index contributed by atoms with van der Waals surface area (Å²) in [5, 5.41) is 18.4. The van der Waals surface area contributed by atoms with Crippen LogP contribution in [-0.4, -0.2) is 51.3 Å². The van der Waals surface area contributed by atoms with Crippen molar-refractivity contribution in [2.75, 3.05) is 19.7 Å². The minimum Gasteiger partial charge on any atom is -0.489 e. The Balaban J connectivity index is 1.14. The van der Waals surface area contributed by atoms with Crippen LogP contribution in [0.4, 0.5) is 4.39 Å². The smallest absolute Gasteiger partial charge is 0.335 e. The number of aromatic nitrogens is 2. The van der Waals surface area contributed by atoms with Crippen LogP contribution in [0.5, 0.6) is 5.75 Å². The van der Waals surface area contributed by atoms with E-state index in [9.17, 15) is 14.3 Å². The first-order valence-corrected chi connectivity index (χ1v) is 13.6. The predicted octanol–water partition coefficient (Wildman–Crippen LogP) is 5.40. The number of nitrogens with zero attached hydrogens (tertiary/aromatic N) is 4. The van der Waals surface area contributed by atoms with E-state index in [1.54, 1.807) is 30.3 Å². The predicted molar refractivity (Wildman–Crippen MR) is 151 cm³/mol. The average molecular weight is 553 g/mol. The Kier molecular flexibility index (Phi) is 7.51. The van der Waals surface area contributed by atoms with Gasteiger partial charge in [0, 0.05) is 25.3 Å². The minimum absolute atomic E-state index is 0.0781. The maximum absolute atomic E-state index is 14.2. The van der Waals surface area contributed by atoms with Crippen LogP contribution in [0.2, 0.25) is 0 Å². The van der Waals surface area contributed by atoms with Crippen LogP contribution >= 0.6 is 0 Å². The quantitative estimate of drug-likeness (QED) is 0.297. The van der Waals surface area contributed by atoms with Gasteiger partial charge in [-0.3, -0.25) is 4.90 Å². The van der Waals surface area contributed by atoms with Gasteiger partial charge in [-0.25, -0.2) is 14.2 Å². The van der Waals surface area contributed by atoms with Crippen molar-refractivity contribution in [1.82, 2.24) is 14.5 Å². The van der Waals surface area contributed by atoms with Gasteiger partial charge in [-0.2, -0.15) is 5.26 Å². The Bertz CT molecular complexity index is 1690. The van der Waals surface area contributed by atoms with Crippen molar-refractivity contribution in [3.8, 4) is 11.8 Å². The van der Waals surface area contributed by atoms with Crippen molar-refractivity contribution in [2.24, 2.45) is 0 Å². The van der Waals surface area contributed by atoms with Crippen molar-refractivity contribution < 1.29 is 23.8 Å². The molecular weight excluding hydrogens is 523 g/mol. The van der Waals surface area contributed by atoms with E-state index in [0.29, 0.717) is 24.4 Å². The van der Waals surface area contributed by atoms with Gasteiger partial charge < -0.3 is 19.1 Å². The molecule has 208 valence electrons. The van der Waals surface area contributed by atoms with Crippen molar-refractivity contribution in [3.05, 3.63) is 101 Å². The van der Waals surface area contributed by atoms with Gasteiger partial charge in [-0.05, 0) is 66.4 Å². The van der Waals surface area contributed by atoms with E-state index in [0.717, 1.165) is 55.0 Å². The lowest BCUT2D eigenvalue weighted by atomic mass is 9.99. The number of rotatable bonds is 9. The van der Waals surface area contributed by atoms with Gasteiger partial charge in [-0.15, -0.1) is 0 Å². The van der Waals surface area contributed by atoms with Crippen LogP contribution in [-0.2, 0) is 24.4 Å². The van der Waals surface area contributed by atoms with Crippen LogP contribution < -0.4 is 4.74 Å². The highest BCUT2D eigenvalue weighted by Gasteiger charge is 2.24. The van der Waals surface area contributed by atoms with Gasteiger partial charge in [0.15, 0.2) is 0 Å². The van der Waals surface area contributed by atoms with E-state index in [1.165, 1.54) is 11.6 Å². The lowest BCUT2D eigenvalue weighted by Crippen LogP contribution is -2.33. The average Bonchev–Trinajstić information content (AvgIpc) is 3.30. The number of nitriles is 1. The molecule has 9 heteroatoms.